The smallest absolute Gasteiger partial charge is 0.0756 e. The molecule has 0 spiro atoms. The van der Waals surface area contributed by atoms with Crippen molar-refractivity contribution in [1.29, 1.82) is 0 Å². The first-order valence-electron chi connectivity index (χ1n) is 11.9. The minimum atomic E-state index is -0.498. The van der Waals surface area contributed by atoms with Crippen LogP contribution in [0.25, 0.3) is 6.08 Å². The highest BCUT2D eigenvalue weighted by Gasteiger charge is 2.63. The molecule has 0 amide bonds. The van der Waals surface area contributed by atoms with E-state index in [-0.39, 0.29) is 11.5 Å². The third kappa shape index (κ3) is 2.89. The molecule has 0 aromatic heterocycles. The van der Waals surface area contributed by atoms with Crippen LogP contribution in [-0.4, -0.2) is 21.9 Å². The largest absolute Gasteiger partial charge is 0.390 e. The molecular weight excluding hydrogens is 356 g/mol. The number of benzene rings is 1. The minimum Gasteiger partial charge on any atom is -0.390 e. The second-order valence-corrected chi connectivity index (χ2v) is 11.5. The van der Waals surface area contributed by atoms with Crippen LogP contribution in [0.2, 0.25) is 0 Å². The molecule has 8 atom stereocenters. The van der Waals surface area contributed by atoms with Crippen LogP contribution in [0.15, 0.2) is 35.9 Å². The highest BCUT2D eigenvalue weighted by Crippen LogP contribution is 2.68. The molecule has 29 heavy (non-hydrogen) atoms. The van der Waals surface area contributed by atoms with E-state index in [1.54, 1.807) is 0 Å². The van der Waals surface area contributed by atoms with Crippen LogP contribution in [0.5, 0.6) is 0 Å². The normalized spacial score (nSPS) is 50.7. The average molecular weight is 395 g/mol. The molecule has 0 bridgehead atoms. The Hall–Kier alpha value is -1.12. The summed E-state index contributed by atoms with van der Waals surface area (Å²) in [5, 5.41) is 22.1. The highest BCUT2D eigenvalue weighted by molar-refractivity contribution is 5.54. The van der Waals surface area contributed by atoms with Crippen LogP contribution in [0.1, 0.15) is 77.7 Å². The Morgan fingerprint density at radius 3 is 2.41 bits per heavy atom. The SMILES string of the molecule is C[C@]12CC(=Cc3ccccc3)[C@H](O)C[C@@H]1CC[C@H]1[C@@H]2CC[C@@]2(C)[C@H]1CC[C@]2(C)O. The van der Waals surface area contributed by atoms with E-state index in [1.807, 2.05) is 0 Å². The van der Waals surface area contributed by atoms with Crippen molar-refractivity contribution in [2.75, 3.05) is 0 Å². The summed E-state index contributed by atoms with van der Waals surface area (Å²) in [6, 6.07) is 10.5. The van der Waals surface area contributed by atoms with Gasteiger partial charge in [0.05, 0.1) is 11.7 Å². The van der Waals surface area contributed by atoms with Crippen molar-refractivity contribution < 1.29 is 10.2 Å². The molecule has 1 aromatic rings. The predicted molar refractivity (Wildman–Crippen MR) is 118 cm³/mol. The zero-order valence-electron chi connectivity index (χ0n) is 18.4. The third-order valence-corrected chi connectivity index (χ3v) is 10.3. The monoisotopic (exact) mass is 394 g/mol. The van der Waals surface area contributed by atoms with Crippen molar-refractivity contribution in [2.45, 2.75) is 83.8 Å². The number of aliphatic hydroxyl groups excluding tert-OH is 1. The van der Waals surface area contributed by atoms with Crippen LogP contribution in [0.4, 0.5) is 0 Å². The summed E-state index contributed by atoms with van der Waals surface area (Å²) in [6.45, 7) is 7.01. The van der Waals surface area contributed by atoms with Gasteiger partial charge < -0.3 is 10.2 Å². The van der Waals surface area contributed by atoms with Gasteiger partial charge in [0.15, 0.2) is 0 Å². The first-order valence-corrected chi connectivity index (χ1v) is 11.9. The molecule has 4 aliphatic carbocycles. The van der Waals surface area contributed by atoms with E-state index >= 15 is 0 Å². The van der Waals surface area contributed by atoms with Gasteiger partial charge in [0.1, 0.15) is 0 Å². The van der Waals surface area contributed by atoms with Crippen LogP contribution < -0.4 is 0 Å². The van der Waals surface area contributed by atoms with Crippen molar-refractivity contribution in [3.8, 4) is 0 Å². The standard InChI is InChI=1S/C27H38O2/c1-25-17-19(15-18-7-5-4-6-8-18)24(28)16-20(25)9-10-21-22(25)11-13-26(2)23(21)12-14-27(26,3)29/h4-8,15,20-24,28-29H,9-14,16-17H2,1-3H3/t20-,21-,22-,23-,24+,25-,26-,27-/m0/s1. The lowest BCUT2D eigenvalue weighted by Crippen LogP contribution is -2.56. The van der Waals surface area contributed by atoms with Crippen molar-refractivity contribution >= 4 is 6.08 Å². The van der Waals surface area contributed by atoms with Gasteiger partial charge in [-0.1, -0.05) is 50.3 Å². The van der Waals surface area contributed by atoms with Gasteiger partial charge in [-0.15, -0.1) is 0 Å². The lowest BCUT2D eigenvalue weighted by atomic mass is 9.44. The quantitative estimate of drug-likeness (QED) is 0.629. The highest BCUT2D eigenvalue weighted by atomic mass is 16.3. The Morgan fingerprint density at radius 2 is 1.66 bits per heavy atom. The van der Waals surface area contributed by atoms with Crippen LogP contribution >= 0.6 is 0 Å². The van der Waals surface area contributed by atoms with E-state index in [9.17, 15) is 10.2 Å². The Balaban J connectivity index is 1.46. The maximum atomic E-state index is 11.1. The molecule has 0 aliphatic heterocycles. The molecule has 4 fully saturated rings. The van der Waals surface area contributed by atoms with Gasteiger partial charge in [0.2, 0.25) is 0 Å². The average Bonchev–Trinajstić information content (AvgIpc) is 2.93. The lowest BCUT2D eigenvalue weighted by molar-refractivity contribution is -0.146. The van der Waals surface area contributed by atoms with Gasteiger partial charge in [-0.2, -0.15) is 0 Å². The molecule has 2 heteroatoms. The summed E-state index contributed by atoms with van der Waals surface area (Å²) in [4.78, 5) is 0. The number of hydrogen-bond acceptors (Lipinski definition) is 2. The summed E-state index contributed by atoms with van der Waals surface area (Å²) in [7, 11) is 0. The zero-order valence-corrected chi connectivity index (χ0v) is 18.4. The Kier molecular flexibility index (Phi) is 4.57. The molecule has 158 valence electrons. The van der Waals surface area contributed by atoms with E-state index in [1.165, 1.54) is 36.8 Å². The summed E-state index contributed by atoms with van der Waals surface area (Å²) in [5.41, 5.74) is 2.33. The first-order chi connectivity index (χ1) is 13.7. The molecule has 4 aliphatic rings. The number of hydrogen-bond donors (Lipinski definition) is 2. The molecule has 0 radical (unpaired) electrons. The fourth-order valence-corrected chi connectivity index (χ4v) is 8.33. The molecule has 0 heterocycles. The fourth-order valence-electron chi connectivity index (χ4n) is 8.33. The predicted octanol–water partition coefficient (Wildman–Crippen LogP) is 5.83. The van der Waals surface area contributed by atoms with Crippen molar-refractivity contribution in [1.82, 2.24) is 0 Å². The van der Waals surface area contributed by atoms with Gasteiger partial charge in [-0.05, 0) is 104 Å². The van der Waals surface area contributed by atoms with Gasteiger partial charge in [0, 0.05) is 0 Å². The van der Waals surface area contributed by atoms with Gasteiger partial charge in [-0.3, -0.25) is 0 Å². The topological polar surface area (TPSA) is 40.5 Å². The summed E-state index contributed by atoms with van der Waals surface area (Å²) < 4.78 is 0. The third-order valence-electron chi connectivity index (χ3n) is 10.3. The summed E-state index contributed by atoms with van der Waals surface area (Å²) in [6.07, 6.45) is 11.1. The molecule has 0 unspecified atom stereocenters. The Labute approximate surface area is 176 Å². The minimum absolute atomic E-state index is 0.0915. The zero-order chi connectivity index (χ0) is 20.4. The summed E-state index contributed by atoms with van der Waals surface area (Å²) in [5.74, 6) is 2.79. The van der Waals surface area contributed by atoms with Crippen LogP contribution in [-0.2, 0) is 0 Å². The number of rotatable bonds is 1. The van der Waals surface area contributed by atoms with Crippen molar-refractivity contribution in [3.63, 3.8) is 0 Å². The van der Waals surface area contributed by atoms with E-state index in [0.29, 0.717) is 17.3 Å². The number of aliphatic hydroxyl groups is 2. The molecular formula is C27H38O2. The second-order valence-electron chi connectivity index (χ2n) is 11.5. The second kappa shape index (κ2) is 6.69. The van der Waals surface area contributed by atoms with Crippen molar-refractivity contribution in [3.05, 3.63) is 41.5 Å². The van der Waals surface area contributed by atoms with E-state index in [0.717, 1.165) is 37.5 Å². The molecule has 2 nitrogen and oxygen atoms in total. The van der Waals surface area contributed by atoms with Gasteiger partial charge in [0.25, 0.3) is 0 Å². The Bertz CT molecular complexity index is 796. The lowest BCUT2D eigenvalue weighted by Gasteiger charge is -2.61. The van der Waals surface area contributed by atoms with E-state index in [4.69, 9.17) is 0 Å². The first kappa shape index (κ1) is 19.8. The molecule has 1 aromatic carbocycles. The molecule has 5 rings (SSSR count). The Morgan fingerprint density at radius 1 is 0.931 bits per heavy atom. The summed E-state index contributed by atoms with van der Waals surface area (Å²) >= 11 is 0. The molecule has 2 N–H and O–H groups in total. The van der Waals surface area contributed by atoms with Crippen LogP contribution in [0, 0.1) is 34.5 Å². The van der Waals surface area contributed by atoms with Gasteiger partial charge >= 0.3 is 0 Å². The number of fused-ring (bicyclic) bond motifs is 5. The fraction of sp³-hybridized carbons (Fsp3) is 0.704. The van der Waals surface area contributed by atoms with E-state index < -0.39 is 5.60 Å². The molecule has 4 saturated carbocycles. The van der Waals surface area contributed by atoms with Crippen molar-refractivity contribution in [2.24, 2.45) is 34.5 Å². The maximum Gasteiger partial charge on any atom is 0.0756 e. The van der Waals surface area contributed by atoms with E-state index in [2.05, 4.69) is 57.2 Å². The van der Waals surface area contributed by atoms with Crippen LogP contribution in [0.3, 0.4) is 0 Å². The van der Waals surface area contributed by atoms with Gasteiger partial charge in [-0.25, -0.2) is 0 Å². The maximum absolute atomic E-state index is 11.1. The molecule has 0 saturated heterocycles.